The lowest BCUT2D eigenvalue weighted by Crippen LogP contribution is -2.41. The third kappa shape index (κ3) is 5.27. The molecule has 18 heavy (non-hydrogen) atoms. The average molecular weight is 255 g/mol. The fraction of sp³-hybridized carbons (Fsp3) is 1.00. The van der Waals surface area contributed by atoms with Gasteiger partial charge in [-0.2, -0.15) is 0 Å². The van der Waals surface area contributed by atoms with Gasteiger partial charge < -0.3 is 10.5 Å². The number of hydrogen-bond acceptors (Lipinski definition) is 2. The summed E-state index contributed by atoms with van der Waals surface area (Å²) in [5, 5.41) is 0. The van der Waals surface area contributed by atoms with Crippen LogP contribution in [0.4, 0.5) is 0 Å². The fourth-order valence-electron chi connectivity index (χ4n) is 2.97. The maximum Gasteiger partial charge on any atom is 0.0804 e. The standard InChI is InChI=1S/C16H33NO/c1-3-5-10-15(4-2)13-18-16(14-17)11-8-6-7-9-12-16/h15H,3-14,17H2,1-2H3. The van der Waals surface area contributed by atoms with E-state index in [2.05, 4.69) is 13.8 Å². The zero-order chi connectivity index (χ0) is 13.3. The van der Waals surface area contributed by atoms with Crippen molar-refractivity contribution in [1.29, 1.82) is 0 Å². The second kappa shape index (κ2) is 8.92. The maximum atomic E-state index is 6.32. The summed E-state index contributed by atoms with van der Waals surface area (Å²) in [6.45, 7) is 6.18. The van der Waals surface area contributed by atoms with Crippen LogP contribution < -0.4 is 5.73 Å². The molecule has 0 aromatic carbocycles. The quantitative estimate of drug-likeness (QED) is 0.657. The Morgan fingerprint density at radius 1 is 1.11 bits per heavy atom. The summed E-state index contributed by atoms with van der Waals surface area (Å²) in [4.78, 5) is 0. The largest absolute Gasteiger partial charge is 0.373 e. The summed E-state index contributed by atoms with van der Waals surface area (Å²) >= 11 is 0. The Balaban J connectivity index is 2.40. The Morgan fingerprint density at radius 2 is 1.78 bits per heavy atom. The highest BCUT2D eigenvalue weighted by Gasteiger charge is 2.30. The molecular weight excluding hydrogens is 222 g/mol. The van der Waals surface area contributed by atoms with Crippen LogP contribution in [-0.2, 0) is 4.74 Å². The van der Waals surface area contributed by atoms with Gasteiger partial charge in [0.25, 0.3) is 0 Å². The predicted molar refractivity (Wildman–Crippen MR) is 78.7 cm³/mol. The molecule has 1 fully saturated rings. The fourth-order valence-corrected chi connectivity index (χ4v) is 2.97. The van der Waals surface area contributed by atoms with Crippen molar-refractivity contribution in [2.45, 2.75) is 83.7 Å². The third-order valence-corrected chi connectivity index (χ3v) is 4.56. The van der Waals surface area contributed by atoms with Crippen molar-refractivity contribution in [2.24, 2.45) is 11.7 Å². The first-order chi connectivity index (χ1) is 8.76. The van der Waals surface area contributed by atoms with E-state index in [0.29, 0.717) is 6.54 Å². The molecule has 2 nitrogen and oxygen atoms in total. The predicted octanol–water partition coefficient (Wildman–Crippen LogP) is 4.27. The first kappa shape index (κ1) is 16.0. The molecule has 0 aromatic rings. The maximum absolute atomic E-state index is 6.32. The van der Waals surface area contributed by atoms with Gasteiger partial charge in [-0.1, -0.05) is 58.8 Å². The van der Waals surface area contributed by atoms with Crippen LogP contribution in [-0.4, -0.2) is 18.8 Å². The molecule has 2 heteroatoms. The molecule has 0 bridgehead atoms. The minimum Gasteiger partial charge on any atom is -0.373 e. The molecule has 1 aliphatic carbocycles. The van der Waals surface area contributed by atoms with Crippen molar-refractivity contribution in [1.82, 2.24) is 0 Å². The second-order valence-corrected chi connectivity index (χ2v) is 6.03. The van der Waals surface area contributed by atoms with Crippen LogP contribution in [0.15, 0.2) is 0 Å². The van der Waals surface area contributed by atoms with Crippen LogP contribution in [0.2, 0.25) is 0 Å². The van der Waals surface area contributed by atoms with E-state index in [1.54, 1.807) is 0 Å². The zero-order valence-electron chi connectivity index (χ0n) is 12.5. The Morgan fingerprint density at radius 3 is 2.28 bits per heavy atom. The number of rotatable bonds is 8. The smallest absolute Gasteiger partial charge is 0.0804 e. The molecule has 0 heterocycles. The molecule has 0 aliphatic heterocycles. The van der Waals surface area contributed by atoms with Crippen LogP contribution in [0, 0.1) is 5.92 Å². The van der Waals surface area contributed by atoms with E-state index in [-0.39, 0.29) is 5.60 Å². The number of ether oxygens (including phenoxy) is 1. The highest BCUT2D eigenvalue weighted by atomic mass is 16.5. The van der Waals surface area contributed by atoms with Crippen molar-refractivity contribution >= 4 is 0 Å². The van der Waals surface area contributed by atoms with Crippen molar-refractivity contribution < 1.29 is 4.74 Å². The summed E-state index contributed by atoms with van der Waals surface area (Å²) in [5.41, 5.74) is 6.02. The van der Waals surface area contributed by atoms with Crippen LogP contribution in [0.1, 0.15) is 78.1 Å². The molecule has 0 aromatic heterocycles. The van der Waals surface area contributed by atoms with Crippen LogP contribution in [0.3, 0.4) is 0 Å². The van der Waals surface area contributed by atoms with E-state index in [1.807, 2.05) is 0 Å². The summed E-state index contributed by atoms with van der Waals surface area (Å²) in [6, 6.07) is 0. The van der Waals surface area contributed by atoms with Gasteiger partial charge in [0, 0.05) is 6.54 Å². The van der Waals surface area contributed by atoms with Crippen molar-refractivity contribution in [3.8, 4) is 0 Å². The minimum atomic E-state index is 0.0101. The Kier molecular flexibility index (Phi) is 7.92. The first-order valence-corrected chi connectivity index (χ1v) is 8.10. The summed E-state index contributed by atoms with van der Waals surface area (Å²) < 4.78 is 6.32. The number of nitrogens with two attached hydrogens (primary N) is 1. The van der Waals surface area contributed by atoms with E-state index in [9.17, 15) is 0 Å². The zero-order valence-corrected chi connectivity index (χ0v) is 12.5. The van der Waals surface area contributed by atoms with Gasteiger partial charge in [0.1, 0.15) is 0 Å². The lowest BCUT2D eigenvalue weighted by molar-refractivity contribution is -0.0658. The van der Waals surface area contributed by atoms with Crippen LogP contribution in [0.25, 0.3) is 0 Å². The van der Waals surface area contributed by atoms with Gasteiger partial charge in [-0.05, 0) is 25.2 Å². The molecule has 0 amide bonds. The minimum absolute atomic E-state index is 0.0101. The Labute approximate surface area is 114 Å². The van der Waals surface area contributed by atoms with Gasteiger partial charge in [-0.3, -0.25) is 0 Å². The SMILES string of the molecule is CCCCC(CC)COC1(CN)CCCCCC1. The average Bonchev–Trinajstić information content (AvgIpc) is 2.65. The first-order valence-electron chi connectivity index (χ1n) is 8.10. The molecule has 0 spiro atoms. The third-order valence-electron chi connectivity index (χ3n) is 4.56. The van der Waals surface area contributed by atoms with Crippen molar-refractivity contribution in [2.75, 3.05) is 13.2 Å². The lowest BCUT2D eigenvalue weighted by atomic mass is 9.93. The molecular formula is C16H33NO. The van der Waals surface area contributed by atoms with Gasteiger partial charge in [0.05, 0.1) is 12.2 Å². The monoisotopic (exact) mass is 255 g/mol. The van der Waals surface area contributed by atoms with Crippen LogP contribution in [0.5, 0.6) is 0 Å². The van der Waals surface area contributed by atoms with Gasteiger partial charge >= 0.3 is 0 Å². The highest BCUT2D eigenvalue weighted by molar-refractivity contribution is 4.84. The van der Waals surface area contributed by atoms with E-state index in [1.165, 1.54) is 64.2 Å². The topological polar surface area (TPSA) is 35.2 Å². The molecule has 1 saturated carbocycles. The van der Waals surface area contributed by atoms with Crippen molar-refractivity contribution in [3.63, 3.8) is 0 Å². The van der Waals surface area contributed by atoms with Gasteiger partial charge in [0.2, 0.25) is 0 Å². The summed E-state index contributed by atoms with van der Waals surface area (Å²) in [7, 11) is 0. The van der Waals surface area contributed by atoms with Gasteiger partial charge in [-0.15, -0.1) is 0 Å². The highest BCUT2D eigenvalue weighted by Crippen LogP contribution is 2.30. The van der Waals surface area contributed by atoms with Crippen molar-refractivity contribution in [3.05, 3.63) is 0 Å². The van der Waals surface area contributed by atoms with E-state index >= 15 is 0 Å². The molecule has 1 unspecified atom stereocenters. The molecule has 1 atom stereocenters. The Bertz CT molecular complexity index is 197. The lowest BCUT2D eigenvalue weighted by Gasteiger charge is -2.33. The van der Waals surface area contributed by atoms with E-state index < -0.39 is 0 Å². The molecule has 2 N–H and O–H groups in total. The van der Waals surface area contributed by atoms with E-state index in [4.69, 9.17) is 10.5 Å². The van der Waals surface area contributed by atoms with Gasteiger partial charge in [-0.25, -0.2) is 0 Å². The normalized spacial score (nSPS) is 21.5. The number of unbranched alkanes of at least 4 members (excludes halogenated alkanes) is 1. The summed E-state index contributed by atoms with van der Waals surface area (Å²) in [5.74, 6) is 0.733. The Hall–Kier alpha value is -0.0800. The molecule has 0 saturated heterocycles. The second-order valence-electron chi connectivity index (χ2n) is 6.03. The number of hydrogen-bond donors (Lipinski definition) is 1. The summed E-state index contributed by atoms with van der Waals surface area (Å²) in [6.07, 6.45) is 12.8. The molecule has 0 radical (unpaired) electrons. The molecule has 108 valence electrons. The molecule has 1 aliphatic rings. The molecule has 1 rings (SSSR count). The van der Waals surface area contributed by atoms with E-state index in [0.717, 1.165) is 12.5 Å². The van der Waals surface area contributed by atoms with Crippen LogP contribution >= 0.6 is 0 Å². The van der Waals surface area contributed by atoms with Gasteiger partial charge in [0.15, 0.2) is 0 Å².